The minimum Gasteiger partial charge on any atom is -0.342 e. The number of nitrogens with zero attached hydrogens (tertiary/aromatic N) is 1. The van der Waals surface area contributed by atoms with Gasteiger partial charge in [-0.05, 0) is 38.1 Å². The number of hydrogen-bond acceptors (Lipinski definition) is 2. The van der Waals surface area contributed by atoms with Crippen molar-refractivity contribution >= 4 is 35.8 Å². The van der Waals surface area contributed by atoms with E-state index < -0.39 is 0 Å². The lowest BCUT2D eigenvalue weighted by atomic mass is 9.98. The van der Waals surface area contributed by atoms with Crippen molar-refractivity contribution in [2.75, 3.05) is 13.1 Å². The normalized spacial score (nSPS) is 16.2. The molecule has 3 rings (SSSR count). The Morgan fingerprint density at radius 3 is 2.47 bits per heavy atom. The van der Waals surface area contributed by atoms with Crippen LogP contribution in [0.25, 0.3) is 11.0 Å². The van der Waals surface area contributed by atoms with Gasteiger partial charge in [0.15, 0.2) is 0 Å². The molecule has 1 saturated heterocycles. The van der Waals surface area contributed by atoms with Crippen molar-refractivity contribution in [2.45, 2.75) is 18.8 Å². The highest BCUT2D eigenvalue weighted by atomic mass is 35.5. The van der Waals surface area contributed by atoms with Crippen LogP contribution in [0.15, 0.2) is 24.3 Å². The summed E-state index contributed by atoms with van der Waals surface area (Å²) in [5.41, 5.74) is 2.25. The van der Waals surface area contributed by atoms with Gasteiger partial charge in [0.05, 0.1) is 11.0 Å². The monoisotopic (exact) mass is 273 g/mol. The average Bonchev–Trinajstić information content (AvgIpc) is 2.74. The molecule has 1 fully saturated rings. The molecule has 1 aliphatic rings. The van der Waals surface area contributed by atoms with E-state index in [1.54, 1.807) is 0 Å². The quantitative estimate of drug-likeness (QED) is 0.839. The molecule has 1 aromatic heterocycles. The largest absolute Gasteiger partial charge is 0.342 e. The fourth-order valence-electron chi connectivity index (χ4n) is 2.26. The van der Waals surface area contributed by atoms with Gasteiger partial charge in [0.2, 0.25) is 0 Å². The molecule has 0 saturated carbocycles. The number of aromatic amines is 1. The number of benzene rings is 1. The molecule has 0 atom stereocenters. The van der Waals surface area contributed by atoms with E-state index in [1.165, 1.54) is 12.8 Å². The smallest absolute Gasteiger partial charge is 0.110 e. The van der Waals surface area contributed by atoms with E-state index in [0.29, 0.717) is 5.92 Å². The number of aromatic nitrogens is 2. The molecule has 0 bridgehead atoms. The van der Waals surface area contributed by atoms with Crippen LogP contribution in [0.3, 0.4) is 0 Å². The van der Waals surface area contributed by atoms with Crippen LogP contribution in [0.5, 0.6) is 0 Å². The van der Waals surface area contributed by atoms with Gasteiger partial charge in [-0.1, -0.05) is 12.1 Å². The number of piperidine rings is 1. The zero-order valence-electron chi connectivity index (χ0n) is 9.48. The zero-order chi connectivity index (χ0) is 10.1. The summed E-state index contributed by atoms with van der Waals surface area (Å²) in [6.07, 6.45) is 2.39. The molecular formula is C12H17Cl2N3. The van der Waals surface area contributed by atoms with E-state index in [4.69, 9.17) is 0 Å². The van der Waals surface area contributed by atoms with Crippen molar-refractivity contribution in [3.05, 3.63) is 30.1 Å². The van der Waals surface area contributed by atoms with E-state index >= 15 is 0 Å². The van der Waals surface area contributed by atoms with Crippen LogP contribution < -0.4 is 5.32 Å². The average molecular weight is 274 g/mol. The van der Waals surface area contributed by atoms with E-state index in [2.05, 4.69) is 27.4 Å². The first-order valence-electron chi connectivity index (χ1n) is 5.59. The number of hydrogen-bond donors (Lipinski definition) is 2. The molecule has 17 heavy (non-hydrogen) atoms. The highest BCUT2D eigenvalue weighted by Crippen LogP contribution is 2.24. The van der Waals surface area contributed by atoms with Crippen molar-refractivity contribution in [1.29, 1.82) is 0 Å². The first-order valence-corrected chi connectivity index (χ1v) is 5.59. The van der Waals surface area contributed by atoms with Gasteiger partial charge in [0.1, 0.15) is 5.82 Å². The summed E-state index contributed by atoms with van der Waals surface area (Å²) in [6.45, 7) is 2.23. The second-order valence-corrected chi connectivity index (χ2v) is 4.16. The Morgan fingerprint density at radius 1 is 1.06 bits per heavy atom. The predicted octanol–water partition coefficient (Wildman–Crippen LogP) is 2.87. The van der Waals surface area contributed by atoms with E-state index in [0.717, 1.165) is 29.9 Å². The third-order valence-electron chi connectivity index (χ3n) is 3.13. The van der Waals surface area contributed by atoms with Crippen molar-refractivity contribution in [2.24, 2.45) is 0 Å². The molecule has 5 heteroatoms. The lowest BCUT2D eigenvalue weighted by Crippen LogP contribution is -2.27. The fourth-order valence-corrected chi connectivity index (χ4v) is 2.26. The van der Waals surface area contributed by atoms with Crippen LogP contribution in [-0.2, 0) is 0 Å². The van der Waals surface area contributed by atoms with Crippen LogP contribution in [0.1, 0.15) is 24.6 Å². The maximum atomic E-state index is 4.65. The maximum Gasteiger partial charge on any atom is 0.110 e. The van der Waals surface area contributed by atoms with Crippen molar-refractivity contribution < 1.29 is 0 Å². The molecule has 0 radical (unpaired) electrons. The maximum absolute atomic E-state index is 4.65. The first kappa shape index (κ1) is 14.3. The molecule has 0 aliphatic carbocycles. The Bertz CT molecular complexity index is 430. The summed E-state index contributed by atoms with van der Waals surface area (Å²) < 4.78 is 0. The van der Waals surface area contributed by atoms with Crippen molar-refractivity contribution in [3.63, 3.8) is 0 Å². The zero-order valence-corrected chi connectivity index (χ0v) is 11.1. The molecule has 94 valence electrons. The lowest BCUT2D eigenvalue weighted by molar-refractivity contribution is 0.448. The minimum absolute atomic E-state index is 0. The summed E-state index contributed by atoms with van der Waals surface area (Å²) in [5.74, 6) is 1.77. The van der Waals surface area contributed by atoms with Crippen molar-refractivity contribution in [3.8, 4) is 0 Å². The number of nitrogens with one attached hydrogen (secondary N) is 2. The Labute approximate surface area is 113 Å². The van der Waals surface area contributed by atoms with Gasteiger partial charge in [-0.2, -0.15) is 0 Å². The SMILES string of the molecule is Cl.Cl.c1ccc2[nH]c(C3CCNCC3)nc2c1. The Morgan fingerprint density at radius 2 is 1.76 bits per heavy atom. The summed E-state index contributed by atoms with van der Waals surface area (Å²) in [5, 5.41) is 3.38. The Balaban J connectivity index is 0.000000722. The third kappa shape index (κ3) is 2.92. The molecule has 1 aliphatic heterocycles. The Hall–Kier alpha value is -0.770. The van der Waals surface area contributed by atoms with E-state index in [9.17, 15) is 0 Å². The lowest BCUT2D eigenvalue weighted by Gasteiger charge is -2.20. The van der Waals surface area contributed by atoms with E-state index in [1.807, 2.05) is 12.1 Å². The van der Waals surface area contributed by atoms with Crippen LogP contribution in [-0.4, -0.2) is 23.1 Å². The van der Waals surface area contributed by atoms with Crippen LogP contribution in [0.4, 0.5) is 0 Å². The topological polar surface area (TPSA) is 40.7 Å². The van der Waals surface area contributed by atoms with Gasteiger partial charge in [-0.15, -0.1) is 24.8 Å². The third-order valence-corrected chi connectivity index (χ3v) is 3.13. The summed E-state index contributed by atoms with van der Waals surface area (Å²) in [4.78, 5) is 8.08. The highest BCUT2D eigenvalue weighted by Gasteiger charge is 2.18. The second kappa shape index (κ2) is 6.24. The molecule has 2 aromatic rings. The number of rotatable bonds is 1. The summed E-state index contributed by atoms with van der Waals surface area (Å²) in [7, 11) is 0. The second-order valence-electron chi connectivity index (χ2n) is 4.16. The molecule has 0 spiro atoms. The molecule has 0 unspecified atom stereocenters. The van der Waals surface area contributed by atoms with Crippen LogP contribution in [0.2, 0.25) is 0 Å². The number of halogens is 2. The van der Waals surface area contributed by atoms with Gasteiger partial charge in [-0.25, -0.2) is 4.98 Å². The number of fused-ring (bicyclic) bond motifs is 1. The molecule has 1 aromatic carbocycles. The number of H-pyrrole nitrogens is 1. The highest BCUT2D eigenvalue weighted by molar-refractivity contribution is 5.85. The summed E-state index contributed by atoms with van der Waals surface area (Å²) >= 11 is 0. The molecule has 2 heterocycles. The minimum atomic E-state index is 0. The van der Waals surface area contributed by atoms with E-state index in [-0.39, 0.29) is 24.8 Å². The van der Waals surface area contributed by atoms with Gasteiger partial charge in [-0.3, -0.25) is 0 Å². The number of imidazole rings is 1. The predicted molar refractivity (Wildman–Crippen MR) is 75.4 cm³/mol. The van der Waals surface area contributed by atoms with Gasteiger partial charge < -0.3 is 10.3 Å². The van der Waals surface area contributed by atoms with Crippen LogP contribution in [0, 0.1) is 0 Å². The standard InChI is InChI=1S/C12H15N3.2ClH/c1-2-4-11-10(3-1)14-12(15-11)9-5-7-13-8-6-9;;/h1-4,9,13H,5-8H2,(H,14,15);2*1H. The van der Waals surface area contributed by atoms with Gasteiger partial charge in [0.25, 0.3) is 0 Å². The Kier molecular flexibility index (Phi) is 5.25. The molecule has 0 amide bonds. The molecular weight excluding hydrogens is 257 g/mol. The fraction of sp³-hybridized carbons (Fsp3) is 0.417. The molecule has 2 N–H and O–H groups in total. The number of para-hydroxylation sites is 2. The summed E-state index contributed by atoms with van der Waals surface area (Å²) in [6, 6.07) is 8.24. The molecule has 3 nitrogen and oxygen atoms in total. The van der Waals surface area contributed by atoms with Crippen molar-refractivity contribution in [1.82, 2.24) is 15.3 Å². The first-order chi connectivity index (χ1) is 7.43. The van der Waals surface area contributed by atoms with Gasteiger partial charge >= 0.3 is 0 Å². The van der Waals surface area contributed by atoms with Crippen LogP contribution >= 0.6 is 24.8 Å². The van der Waals surface area contributed by atoms with Gasteiger partial charge in [0, 0.05) is 5.92 Å².